The van der Waals surface area contributed by atoms with E-state index in [1.54, 1.807) is 6.26 Å². The first kappa shape index (κ1) is 13.9. The summed E-state index contributed by atoms with van der Waals surface area (Å²) in [4.78, 5) is 14.5. The van der Waals surface area contributed by atoms with E-state index in [4.69, 9.17) is 4.42 Å². The van der Waals surface area contributed by atoms with Crippen LogP contribution in [0.15, 0.2) is 41.0 Å². The lowest BCUT2D eigenvalue weighted by Gasteiger charge is -2.34. The van der Waals surface area contributed by atoms with Gasteiger partial charge in [-0.05, 0) is 37.6 Å². The average molecular weight is 284 g/mol. The molecule has 0 aliphatic carbocycles. The first-order valence-electron chi connectivity index (χ1n) is 7.40. The Bertz CT molecular complexity index is 648. The Labute approximate surface area is 124 Å². The summed E-state index contributed by atoms with van der Waals surface area (Å²) in [5.41, 5.74) is 3.05. The highest BCUT2D eigenvalue weighted by atomic mass is 16.3. The predicted molar refractivity (Wildman–Crippen MR) is 82.6 cm³/mol. The van der Waals surface area contributed by atoms with Gasteiger partial charge in [-0.25, -0.2) is 0 Å². The number of hydrogen-bond donors (Lipinski definition) is 1. The van der Waals surface area contributed by atoms with Crippen molar-refractivity contribution in [1.82, 2.24) is 5.32 Å². The fourth-order valence-electron chi connectivity index (χ4n) is 2.95. The van der Waals surface area contributed by atoms with E-state index in [0.29, 0.717) is 18.3 Å². The van der Waals surface area contributed by atoms with Gasteiger partial charge in [0, 0.05) is 23.8 Å². The lowest BCUT2D eigenvalue weighted by atomic mass is 9.96. The van der Waals surface area contributed by atoms with Gasteiger partial charge in [0.2, 0.25) is 0 Å². The molecule has 3 rings (SSSR count). The van der Waals surface area contributed by atoms with Crippen molar-refractivity contribution in [2.24, 2.45) is 0 Å². The zero-order valence-corrected chi connectivity index (χ0v) is 12.4. The molecule has 1 aromatic carbocycles. The number of carbonyl (C=O) groups is 1. The Morgan fingerprint density at radius 3 is 2.90 bits per heavy atom. The third-order valence-corrected chi connectivity index (χ3v) is 4.00. The largest absolute Gasteiger partial charge is 0.459 e. The quantitative estimate of drug-likeness (QED) is 0.940. The van der Waals surface area contributed by atoms with Gasteiger partial charge in [0.1, 0.15) is 0 Å². The topological polar surface area (TPSA) is 45.5 Å². The molecule has 0 radical (unpaired) electrons. The molecule has 1 N–H and O–H groups in total. The third-order valence-electron chi connectivity index (χ3n) is 4.00. The van der Waals surface area contributed by atoms with E-state index in [0.717, 1.165) is 24.2 Å². The van der Waals surface area contributed by atoms with Crippen molar-refractivity contribution in [3.05, 3.63) is 53.5 Å². The zero-order chi connectivity index (χ0) is 14.8. The van der Waals surface area contributed by atoms with Crippen LogP contribution in [0.2, 0.25) is 0 Å². The number of furan rings is 1. The second kappa shape index (κ2) is 5.74. The molecule has 110 valence electrons. The Hall–Kier alpha value is -2.07. The molecule has 0 fully saturated rings. The molecular formula is C17H20N2O2. The molecule has 0 saturated heterocycles. The Morgan fingerprint density at radius 2 is 2.19 bits per heavy atom. The van der Waals surface area contributed by atoms with Crippen molar-refractivity contribution in [3.8, 4) is 0 Å². The predicted octanol–water partition coefficient (Wildman–Crippen LogP) is 3.29. The van der Waals surface area contributed by atoms with E-state index in [1.807, 2.05) is 36.1 Å². The minimum Gasteiger partial charge on any atom is -0.459 e. The normalized spacial score (nSPS) is 17.6. The first-order valence-corrected chi connectivity index (χ1v) is 7.40. The van der Waals surface area contributed by atoms with Crippen LogP contribution in [-0.4, -0.2) is 19.0 Å². The smallest absolute Gasteiger partial charge is 0.294 e. The molecule has 4 heteroatoms. The van der Waals surface area contributed by atoms with Crippen LogP contribution in [0.1, 0.15) is 41.1 Å². The van der Waals surface area contributed by atoms with E-state index in [1.165, 1.54) is 5.56 Å². The summed E-state index contributed by atoms with van der Waals surface area (Å²) in [6.45, 7) is 5.62. The highest BCUT2D eigenvalue weighted by Gasteiger charge is 2.30. The zero-order valence-electron chi connectivity index (χ0n) is 12.4. The van der Waals surface area contributed by atoms with E-state index >= 15 is 0 Å². The van der Waals surface area contributed by atoms with Crippen LogP contribution in [0.25, 0.3) is 0 Å². The number of nitrogens with one attached hydrogen (secondary N) is 1. The molecule has 4 nitrogen and oxygen atoms in total. The van der Waals surface area contributed by atoms with Crippen molar-refractivity contribution in [3.63, 3.8) is 0 Å². The number of carbonyl (C=O) groups excluding carboxylic acids is 1. The number of hydrogen-bond acceptors (Lipinski definition) is 3. The van der Waals surface area contributed by atoms with Gasteiger partial charge >= 0.3 is 0 Å². The maximum atomic E-state index is 12.7. The summed E-state index contributed by atoms with van der Waals surface area (Å²) < 4.78 is 5.36. The third kappa shape index (κ3) is 2.47. The van der Waals surface area contributed by atoms with Gasteiger partial charge in [-0.1, -0.05) is 25.1 Å². The summed E-state index contributed by atoms with van der Waals surface area (Å²) in [7, 11) is 0. The Morgan fingerprint density at radius 1 is 1.38 bits per heavy atom. The van der Waals surface area contributed by atoms with E-state index in [-0.39, 0.29) is 5.91 Å². The van der Waals surface area contributed by atoms with Crippen LogP contribution in [0.4, 0.5) is 5.69 Å². The van der Waals surface area contributed by atoms with Crippen molar-refractivity contribution < 1.29 is 9.21 Å². The molecule has 1 aromatic heterocycles. The number of nitrogens with zero attached hydrogens (tertiary/aromatic N) is 1. The second-order valence-electron chi connectivity index (χ2n) is 5.35. The highest BCUT2D eigenvalue weighted by molar-refractivity contribution is 6.05. The van der Waals surface area contributed by atoms with E-state index in [2.05, 4.69) is 18.3 Å². The van der Waals surface area contributed by atoms with Gasteiger partial charge in [-0.2, -0.15) is 0 Å². The number of para-hydroxylation sites is 1. The number of aryl methyl sites for hydroxylation is 1. The van der Waals surface area contributed by atoms with Gasteiger partial charge in [-0.15, -0.1) is 0 Å². The van der Waals surface area contributed by atoms with Crippen molar-refractivity contribution in [1.29, 1.82) is 0 Å². The summed E-state index contributed by atoms with van der Waals surface area (Å²) >= 11 is 0. The molecule has 2 aromatic rings. The minimum absolute atomic E-state index is 0.0556. The molecule has 1 atom stereocenters. The summed E-state index contributed by atoms with van der Waals surface area (Å²) in [6, 6.07) is 10.2. The number of fused-ring (bicyclic) bond motifs is 1. The van der Waals surface area contributed by atoms with Crippen LogP contribution in [-0.2, 0) is 0 Å². The highest BCUT2D eigenvalue weighted by Crippen LogP contribution is 2.34. The number of amides is 1. The molecule has 1 unspecified atom stereocenters. The van der Waals surface area contributed by atoms with Gasteiger partial charge < -0.3 is 14.6 Å². The molecular weight excluding hydrogens is 264 g/mol. The molecule has 2 heterocycles. The molecule has 21 heavy (non-hydrogen) atoms. The lowest BCUT2D eigenvalue weighted by molar-refractivity contribution is 0.0956. The van der Waals surface area contributed by atoms with Gasteiger partial charge in [0.25, 0.3) is 5.91 Å². The van der Waals surface area contributed by atoms with Crippen LogP contribution in [0.3, 0.4) is 0 Å². The fourth-order valence-corrected chi connectivity index (χ4v) is 2.95. The summed E-state index contributed by atoms with van der Waals surface area (Å²) in [5.74, 6) is 0.381. The van der Waals surface area contributed by atoms with Crippen molar-refractivity contribution in [2.75, 3.05) is 18.0 Å². The van der Waals surface area contributed by atoms with Gasteiger partial charge in [-0.3, -0.25) is 4.79 Å². The van der Waals surface area contributed by atoms with Crippen LogP contribution in [0, 0.1) is 6.92 Å². The number of rotatable bonds is 3. The average Bonchev–Trinajstić information content (AvgIpc) is 2.93. The summed E-state index contributed by atoms with van der Waals surface area (Å²) in [5, 5.41) is 3.48. The van der Waals surface area contributed by atoms with E-state index < -0.39 is 0 Å². The maximum absolute atomic E-state index is 12.7. The molecule has 0 saturated carbocycles. The van der Waals surface area contributed by atoms with E-state index in [9.17, 15) is 4.79 Å². The number of anilines is 1. The van der Waals surface area contributed by atoms with Crippen LogP contribution < -0.4 is 10.2 Å². The molecule has 1 aliphatic heterocycles. The number of benzene rings is 1. The Balaban J connectivity index is 1.96. The standard InChI is InChI=1S/C17H20N2O2/c1-3-18-14-8-10-19(15-7-5-4-6-13(14)15)17(20)16-12(2)9-11-21-16/h4-7,9,11,14,18H,3,8,10H2,1-2H3. The molecule has 1 aliphatic rings. The lowest BCUT2D eigenvalue weighted by Crippen LogP contribution is -2.39. The second-order valence-corrected chi connectivity index (χ2v) is 5.35. The van der Waals surface area contributed by atoms with Gasteiger partial charge in [0.15, 0.2) is 5.76 Å². The molecule has 1 amide bonds. The SMILES string of the molecule is CCNC1CCN(C(=O)c2occc2C)c2ccccc21. The van der Waals surface area contributed by atoms with Crippen molar-refractivity contribution >= 4 is 11.6 Å². The van der Waals surface area contributed by atoms with Crippen LogP contribution >= 0.6 is 0 Å². The molecule has 0 bridgehead atoms. The van der Waals surface area contributed by atoms with Gasteiger partial charge in [0.05, 0.1) is 6.26 Å². The maximum Gasteiger partial charge on any atom is 0.294 e. The Kier molecular flexibility index (Phi) is 3.80. The summed E-state index contributed by atoms with van der Waals surface area (Å²) in [6.07, 6.45) is 2.48. The molecule has 0 spiro atoms. The first-order chi connectivity index (χ1) is 10.2. The fraction of sp³-hybridized carbons (Fsp3) is 0.353. The minimum atomic E-state index is -0.0556. The van der Waals surface area contributed by atoms with Crippen LogP contribution in [0.5, 0.6) is 0 Å². The van der Waals surface area contributed by atoms with Crippen molar-refractivity contribution in [2.45, 2.75) is 26.3 Å². The monoisotopic (exact) mass is 284 g/mol.